The molecule has 0 aliphatic rings. The summed E-state index contributed by atoms with van der Waals surface area (Å²) < 4.78 is 30.6. The highest BCUT2D eigenvalue weighted by atomic mass is 32.2. The molecule has 0 aromatic heterocycles. The summed E-state index contributed by atoms with van der Waals surface area (Å²) in [6.45, 7) is 0.247. The molecule has 0 amide bonds. The molecule has 1 aromatic rings. The molecule has 4 N–H and O–H groups in total. The maximum atomic E-state index is 11.5. The summed E-state index contributed by atoms with van der Waals surface area (Å²) in [6, 6.07) is 6.80. The van der Waals surface area contributed by atoms with Gasteiger partial charge in [0.05, 0.1) is 5.75 Å². The number of anilines is 1. The first-order chi connectivity index (χ1) is 8.53. The Morgan fingerprint density at radius 1 is 1.39 bits per heavy atom. The zero-order chi connectivity index (χ0) is 13.4. The molecule has 0 unspecified atom stereocenters. The minimum atomic E-state index is -3.35. The number of hydrogen-bond donors (Lipinski definition) is 3. The second-order valence-electron chi connectivity index (χ2n) is 3.71. The van der Waals surface area contributed by atoms with Gasteiger partial charge < -0.3 is 15.6 Å². The molecule has 0 aliphatic carbocycles. The number of nitrogens with one attached hydrogen (secondary N) is 1. The largest absolute Gasteiger partial charge is 0.492 e. The lowest BCUT2D eigenvalue weighted by Crippen LogP contribution is -2.30. The lowest BCUT2D eigenvalue weighted by molar-refractivity contribution is 0.289. The lowest BCUT2D eigenvalue weighted by atomic mass is 10.3. The van der Waals surface area contributed by atoms with Crippen LogP contribution >= 0.6 is 0 Å². The Bertz CT molecular complexity index is 462. The van der Waals surface area contributed by atoms with E-state index < -0.39 is 10.0 Å². The van der Waals surface area contributed by atoms with Crippen LogP contribution in [0.1, 0.15) is 6.42 Å². The molecule has 0 fully saturated rings. The highest BCUT2D eigenvalue weighted by molar-refractivity contribution is 7.89. The van der Waals surface area contributed by atoms with Gasteiger partial charge in [-0.1, -0.05) is 6.07 Å². The maximum Gasteiger partial charge on any atom is 0.214 e. The summed E-state index contributed by atoms with van der Waals surface area (Å²) in [4.78, 5) is 0. The summed E-state index contributed by atoms with van der Waals surface area (Å²) >= 11 is 0. The van der Waals surface area contributed by atoms with Gasteiger partial charge in [-0.2, -0.15) is 0 Å². The Morgan fingerprint density at radius 2 is 2.17 bits per heavy atom. The summed E-state index contributed by atoms with van der Waals surface area (Å²) in [5, 5.41) is 8.54. The van der Waals surface area contributed by atoms with Gasteiger partial charge in [0.2, 0.25) is 10.0 Å². The van der Waals surface area contributed by atoms with Gasteiger partial charge in [-0.05, 0) is 18.6 Å². The molecule has 1 aromatic carbocycles. The smallest absolute Gasteiger partial charge is 0.214 e. The van der Waals surface area contributed by atoms with Crippen molar-refractivity contribution >= 4 is 15.7 Å². The van der Waals surface area contributed by atoms with E-state index in [9.17, 15) is 8.42 Å². The van der Waals surface area contributed by atoms with Gasteiger partial charge in [-0.15, -0.1) is 0 Å². The standard InChI is InChI=1S/C11H18N2O4S/c12-10-3-1-4-11(9-10)17-7-8-18(15,16)13-5-2-6-14/h1,3-4,9,13-14H,2,5-8,12H2. The predicted octanol–water partition coefficient (Wildman–Crippen LogP) is -0.0506. The van der Waals surface area contributed by atoms with Crippen molar-refractivity contribution in [2.45, 2.75) is 6.42 Å². The Hall–Kier alpha value is -1.31. The van der Waals surface area contributed by atoms with Gasteiger partial charge in [-0.3, -0.25) is 0 Å². The van der Waals surface area contributed by atoms with Crippen molar-refractivity contribution in [3.63, 3.8) is 0 Å². The molecule has 102 valence electrons. The first-order valence-electron chi connectivity index (χ1n) is 5.60. The molecule has 7 heteroatoms. The summed E-state index contributed by atoms with van der Waals surface area (Å²) in [6.07, 6.45) is 0.398. The second-order valence-corrected chi connectivity index (χ2v) is 5.64. The van der Waals surface area contributed by atoms with Crippen LogP contribution in [0, 0.1) is 0 Å². The molecular weight excluding hydrogens is 256 g/mol. The highest BCUT2D eigenvalue weighted by Crippen LogP contribution is 2.14. The fraction of sp³-hybridized carbons (Fsp3) is 0.455. The van der Waals surface area contributed by atoms with Gasteiger partial charge in [0, 0.05) is 24.9 Å². The van der Waals surface area contributed by atoms with Crippen LogP contribution in [-0.4, -0.2) is 39.0 Å². The van der Waals surface area contributed by atoms with E-state index in [0.717, 1.165) is 0 Å². The molecule has 0 atom stereocenters. The van der Waals surface area contributed by atoms with E-state index in [1.54, 1.807) is 24.3 Å². The number of nitrogen functional groups attached to an aromatic ring is 1. The minimum absolute atomic E-state index is 0.0394. The number of hydrogen-bond acceptors (Lipinski definition) is 5. The van der Waals surface area contributed by atoms with E-state index in [4.69, 9.17) is 15.6 Å². The topological polar surface area (TPSA) is 102 Å². The van der Waals surface area contributed by atoms with Gasteiger partial charge in [0.1, 0.15) is 12.4 Å². The van der Waals surface area contributed by atoms with E-state index in [-0.39, 0.29) is 25.5 Å². The molecule has 0 heterocycles. The molecule has 0 bridgehead atoms. The average Bonchev–Trinajstić information content (AvgIpc) is 2.29. The summed E-state index contributed by atoms with van der Waals surface area (Å²) in [7, 11) is -3.35. The summed E-state index contributed by atoms with van der Waals surface area (Å²) in [5.41, 5.74) is 6.13. The Kier molecular flexibility index (Phi) is 5.90. The number of aliphatic hydroxyl groups excluding tert-OH is 1. The third kappa shape index (κ3) is 5.85. The average molecular weight is 274 g/mol. The summed E-state index contributed by atoms with van der Waals surface area (Å²) in [5.74, 6) is 0.410. The number of nitrogens with two attached hydrogens (primary N) is 1. The van der Waals surface area contributed by atoms with E-state index >= 15 is 0 Å². The number of rotatable bonds is 8. The van der Waals surface area contributed by atoms with Crippen molar-refractivity contribution in [3.8, 4) is 5.75 Å². The maximum absolute atomic E-state index is 11.5. The molecule has 0 radical (unpaired) electrons. The first kappa shape index (κ1) is 14.7. The lowest BCUT2D eigenvalue weighted by Gasteiger charge is -2.08. The van der Waals surface area contributed by atoms with Gasteiger partial charge >= 0.3 is 0 Å². The SMILES string of the molecule is Nc1cccc(OCCS(=O)(=O)NCCCO)c1. The van der Waals surface area contributed by atoms with Crippen molar-refractivity contribution in [1.29, 1.82) is 0 Å². The molecule has 1 rings (SSSR count). The zero-order valence-electron chi connectivity index (χ0n) is 10.0. The molecule has 0 saturated heterocycles. The van der Waals surface area contributed by atoms with Crippen LogP contribution in [0.4, 0.5) is 5.69 Å². The van der Waals surface area contributed by atoms with E-state index in [1.165, 1.54) is 0 Å². The minimum Gasteiger partial charge on any atom is -0.492 e. The Morgan fingerprint density at radius 3 is 2.83 bits per heavy atom. The van der Waals surface area contributed by atoms with E-state index in [2.05, 4.69) is 4.72 Å². The zero-order valence-corrected chi connectivity index (χ0v) is 10.8. The third-order valence-electron chi connectivity index (χ3n) is 2.14. The second kappa shape index (κ2) is 7.20. The van der Waals surface area contributed by atoms with E-state index in [0.29, 0.717) is 17.9 Å². The number of sulfonamides is 1. The van der Waals surface area contributed by atoms with Crippen LogP contribution in [0.25, 0.3) is 0 Å². The third-order valence-corrected chi connectivity index (χ3v) is 3.48. The fourth-order valence-corrected chi connectivity index (χ4v) is 2.15. The monoisotopic (exact) mass is 274 g/mol. The van der Waals surface area contributed by atoms with Crippen LogP contribution in [0.15, 0.2) is 24.3 Å². The van der Waals surface area contributed by atoms with Crippen molar-refractivity contribution in [3.05, 3.63) is 24.3 Å². The van der Waals surface area contributed by atoms with Crippen LogP contribution < -0.4 is 15.2 Å². The van der Waals surface area contributed by atoms with Crippen LogP contribution in [0.5, 0.6) is 5.75 Å². The molecule has 6 nitrogen and oxygen atoms in total. The van der Waals surface area contributed by atoms with Gasteiger partial charge in [-0.25, -0.2) is 13.1 Å². The molecule has 18 heavy (non-hydrogen) atoms. The highest BCUT2D eigenvalue weighted by Gasteiger charge is 2.09. The molecule has 0 saturated carbocycles. The number of benzene rings is 1. The van der Waals surface area contributed by atoms with E-state index in [1.807, 2.05) is 0 Å². The number of ether oxygens (including phenoxy) is 1. The molecule has 0 aliphatic heterocycles. The quantitative estimate of drug-likeness (QED) is 0.456. The first-order valence-corrected chi connectivity index (χ1v) is 7.25. The predicted molar refractivity (Wildman–Crippen MR) is 69.8 cm³/mol. The van der Waals surface area contributed by atoms with Crippen LogP contribution in [0.3, 0.4) is 0 Å². The van der Waals surface area contributed by atoms with Crippen LogP contribution in [-0.2, 0) is 10.0 Å². The van der Waals surface area contributed by atoms with Crippen molar-refractivity contribution in [2.75, 3.05) is 31.2 Å². The fourth-order valence-electron chi connectivity index (χ4n) is 1.25. The number of aliphatic hydroxyl groups is 1. The van der Waals surface area contributed by atoms with Crippen molar-refractivity contribution in [1.82, 2.24) is 4.72 Å². The normalized spacial score (nSPS) is 11.4. The van der Waals surface area contributed by atoms with Gasteiger partial charge in [0.15, 0.2) is 0 Å². The molecule has 0 spiro atoms. The van der Waals surface area contributed by atoms with Crippen molar-refractivity contribution < 1.29 is 18.3 Å². The van der Waals surface area contributed by atoms with Gasteiger partial charge in [0.25, 0.3) is 0 Å². The molecular formula is C11H18N2O4S. The van der Waals surface area contributed by atoms with Crippen LogP contribution in [0.2, 0.25) is 0 Å². The Labute approximate surface area is 107 Å². The van der Waals surface area contributed by atoms with Crippen molar-refractivity contribution in [2.24, 2.45) is 0 Å². The Balaban J connectivity index is 2.32.